The zero-order valence-corrected chi connectivity index (χ0v) is 18.3. The standard InChI is InChI=1S/C24H47N2/c1-5-6-7-8-9-10-11-12-13-14-15-16-17-18-19-20-21-26(3,4)23-24(2)22-25/h2,5-21,23H2,1,3-4H3/q+1. The van der Waals surface area contributed by atoms with E-state index in [2.05, 4.69) is 33.7 Å². The lowest BCUT2D eigenvalue weighted by Gasteiger charge is -2.29. The Kier molecular flexibility index (Phi) is 17.0. The summed E-state index contributed by atoms with van der Waals surface area (Å²) in [5, 5.41) is 8.85. The van der Waals surface area contributed by atoms with Crippen LogP contribution in [0.5, 0.6) is 0 Å². The second-order valence-corrected chi connectivity index (χ2v) is 8.84. The summed E-state index contributed by atoms with van der Waals surface area (Å²) in [6, 6.07) is 2.17. The van der Waals surface area contributed by atoms with Gasteiger partial charge in [0.25, 0.3) is 0 Å². The smallest absolute Gasteiger partial charge is 0.113 e. The fraction of sp³-hybridized carbons (Fsp3) is 0.875. The Morgan fingerprint density at radius 3 is 1.38 bits per heavy atom. The van der Waals surface area contributed by atoms with Crippen molar-refractivity contribution in [2.24, 2.45) is 0 Å². The molecule has 26 heavy (non-hydrogen) atoms. The Hall–Kier alpha value is -0.810. The zero-order valence-electron chi connectivity index (χ0n) is 18.3. The van der Waals surface area contributed by atoms with Crippen molar-refractivity contribution in [2.45, 2.75) is 110 Å². The van der Waals surface area contributed by atoms with Crippen LogP contribution in [0.2, 0.25) is 0 Å². The third-order valence-corrected chi connectivity index (χ3v) is 5.39. The van der Waals surface area contributed by atoms with Crippen molar-refractivity contribution in [3.8, 4) is 6.07 Å². The van der Waals surface area contributed by atoms with Gasteiger partial charge in [-0.2, -0.15) is 5.26 Å². The lowest BCUT2D eigenvalue weighted by Crippen LogP contribution is -2.41. The molecule has 0 aromatic rings. The fourth-order valence-electron chi connectivity index (χ4n) is 3.72. The van der Waals surface area contributed by atoms with E-state index in [9.17, 15) is 0 Å². The van der Waals surface area contributed by atoms with Crippen LogP contribution in [0.25, 0.3) is 0 Å². The first kappa shape index (κ1) is 25.2. The highest BCUT2D eigenvalue weighted by molar-refractivity contribution is 5.15. The second kappa shape index (κ2) is 17.6. The van der Waals surface area contributed by atoms with Gasteiger partial charge in [-0.05, 0) is 12.8 Å². The molecule has 2 heteroatoms. The molecule has 0 aliphatic rings. The minimum absolute atomic E-state index is 0.700. The lowest BCUT2D eigenvalue weighted by atomic mass is 10.0. The van der Waals surface area contributed by atoms with Gasteiger partial charge in [-0.1, -0.05) is 103 Å². The monoisotopic (exact) mass is 363 g/mol. The molecule has 0 unspecified atom stereocenters. The number of likely N-dealkylation sites (N-methyl/N-ethyl adjacent to an activating group) is 1. The summed E-state index contributed by atoms with van der Waals surface area (Å²) < 4.78 is 0.894. The van der Waals surface area contributed by atoms with Gasteiger partial charge in [0.1, 0.15) is 6.54 Å². The molecule has 0 radical (unpaired) electrons. The highest BCUT2D eigenvalue weighted by Crippen LogP contribution is 2.14. The van der Waals surface area contributed by atoms with Gasteiger partial charge >= 0.3 is 0 Å². The first-order chi connectivity index (χ1) is 12.5. The van der Waals surface area contributed by atoms with Gasteiger partial charge in [0, 0.05) is 0 Å². The molecule has 0 heterocycles. The van der Waals surface area contributed by atoms with Crippen LogP contribution in [-0.2, 0) is 0 Å². The summed E-state index contributed by atoms with van der Waals surface area (Å²) >= 11 is 0. The first-order valence-corrected chi connectivity index (χ1v) is 11.4. The van der Waals surface area contributed by atoms with Crippen molar-refractivity contribution >= 4 is 0 Å². The molecule has 152 valence electrons. The van der Waals surface area contributed by atoms with Crippen LogP contribution in [0.1, 0.15) is 110 Å². The molecule has 0 aromatic carbocycles. The Morgan fingerprint density at radius 2 is 1.04 bits per heavy atom. The van der Waals surface area contributed by atoms with E-state index < -0.39 is 0 Å². The van der Waals surface area contributed by atoms with E-state index in [-0.39, 0.29) is 0 Å². The average molecular weight is 364 g/mol. The van der Waals surface area contributed by atoms with Crippen LogP contribution in [0, 0.1) is 11.3 Å². The van der Waals surface area contributed by atoms with E-state index in [1.807, 2.05) is 0 Å². The van der Waals surface area contributed by atoms with Crippen molar-refractivity contribution in [1.82, 2.24) is 0 Å². The third kappa shape index (κ3) is 18.0. The van der Waals surface area contributed by atoms with E-state index in [0.29, 0.717) is 5.57 Å². The number of quaternary nitrogens is 1. The van der Waals surface area contributed by atoms with Crippen LogP contribution in [0.4, 0.5) is 0 Å². The molecule has 0 atom stereocenters. The lowest BCUT2D eigenvalue weighted by molar-refractivity contribution is -0.885. The summed E-state index contributed by atoms with van der Waals surface area (Å²) in [5.41, 5.74) is 0.700. The van der Waals surface area contributed by atoms with Crippen molar-refractivity contribution in [3.63, 3.8) is 0 Å². The third-order valence-electron chi connectivity index (χ3n) is 5.39. The minimum Gasteiger partial charge on any atom is -0.324 e. The van der Waals surface area contributed by atoms with E-state index in [1.54, 1.807) is 0 Å². The molecule has 0 fully saturated rings. The molecular formula is C24H47N2+. The number of unbranched alkanes of at least 4 members (excludes halogenated alkanes) is 15. The Balaban J connectivity index is 3.25. The normalized spacial score (nSPS) is 11.5. The number of hydrogen-bond donors (Lipinski definition) is 0. The quantitative estimate of drug-likeness (QED) is 0.133. The van der Waals surface area contributed by atoms with Gasteiger partial charge in [-0.3, -0.25) is 0 Å². The topological polar surface area (TPSA) is 23.8 Å². The average Bonchev–Trinajstić information content (AvgIpc) is 2.60. The van der Waals surface area contributed by atoms with Gasteiger partial charge in [-0.25, -0.2) is 0 Å². The van der Waals surface area contributed by atoms with Crippen LogP contribution in [0.15, 0.2) is 12.2 Å². The van der Waals surface area contributed by atoms with Gasteiger partial charge in [-0.15, -0.1) is 0 Å². The van der Waals surface area contributed by atoms with Crippen molar-refractivity contribution in [1.29, 1.82) is 5.26 Å². The predicted molar refractivity (Wildman–Crippen MR) is 116 cm³/mol. The van der Waals surface area contributed by atoms with E-state index >= 15 is 0 Å². The number of rotatable bonds is 19. The highest BCUT2D eigenvalue weighted by Gasteiger charge is 2.15. The number of nitrogens with zero attached hydrogens (tertiary/aromatic N) is 2. The SMILES string of the molecule is C=C(C#N)C[N+](C)(C)CCCCCCCCCCCCCCCCCC. The summed E-state index contributed by atoms with van der Waals surface area (Å²) in [7, 11) is 4.40. The van der Waals surface area contributed by atoms with Crippen LogP contribution >= 0.6 is 0 Å². The maximum atomic E-state index is 8.85. The predicted octanol–water partition coefficient (Wildman–Crippen LogP) is 7.40. The van der Waals surface area contributed by atoms with Crippen molar-refractivity contribution < 1.29 is 4.48 Å². The summed E-state index contributed by atoms with van der Waals surface area (Å²) in [6.45, 7) is 8.03. The minimum atomic E-state index is 0.700. The van der Waals surface area contributed by atoms with Gasteiger partial charge < -0.3 is 4.48 Å². The maximum Gasteiger partial charge on any atom is 0.113 e. The van der Waals surface area contributed by atoms with Crippen LogP contribution in [0.3, 0.4) is 0 Å². The Labute approximate surface area is 165 Å². The molecule has 2 nitrogen and oxygen atoms in total. The van der Waals surface area contributed by atoms with Crippen LogP contribution in [-0.4, -0.2) is 31.7 Å². The van der Waals surface area contributed by atoms with Crippen molar-refractivity contribution in [2.75, 3.05) is 27.2 Å². The van der Waals surface area contributed by atoms with Crippen molar-refractivity contribution in [3.05, 3.63) is 12.2 Å². The largest absolute Gasteiger partial charge is 0.324 e. The molecule has 0 bridgehead atoms. The number of hydrogen-bond acceptors (Lipinski definition) is 1. The zero-order chi connectivity index (χ0) is 19.5. The maximum absolute atomic E-state index is 8.85. The first-order valence-electron chi connectivity index (χ1n) is 11.4. The summed E-state index contributed by atoms with van der Waals surface area (Å²) in [5.74, 6) is 0. The van der Waals surface area contributed by atoms with E-state index in [4.69, 9.17) is 5.26 Å². The van der Waals surface area contributed by atoms with Gasteiger partial charge in [0.2, 0.25) is 0 Å². The number of nitriles is 1. The fourth-order valence-corrected chi connectivity index (χ4v) is 3.72. The molecular weight excluding hydrogens is 316 g/mol. The Morgan fingerprint density at radius 1 is 0.692 bits per heavy atom. The van der Waals surface area contributed by atoms with E-state index in [1.165, 1.54) is 103 Å². The molecule has 0 N–H and O–H groups in total. The van der Waals surface area contributed by atoms with E-state index in [0.717, 1.165) is 17.6 Å². The highest BCUT2D eigenvalue weighted by atomic mass is 15.3. The summed E-state index contributed by atoms with van der Waals surface area (Å²) in [4.78, 5) is 0. The molecule has 0 aliphatic carbocycles. The molecule has 0 aromatic heterocycles. The molecule has 0 spiro atoms. The summed E-state index contributed by atoms with van der Waals surface area (Å²) in [6.07, 6.45) is 22.6. The molecule has 0 saturated heterocycles. The molecule has 0 amide bonds. The van der Waals surface area contributed by atoms with Crippen LogP contribution < -0.4 is 0 Å². The molecule has 0 rings (SSSR count). The molecule has 0 saturated carbocycles. The Bertz CT molecular complexity index is 365. The van der Waals surface area contributed by atoms with Gasteiger partial charge in [0.15, 0.2) is 0 Å². The second-order valence-electron chi connectivity index (χ2n) is 8.84. The van der Waals surface area contributed by atoms with Gasteiger partial charge in [0.05, 0.1) is 32.3 Å². The molecule has 0 aliphatic heterocycles.